The number of benzene rings is 2. The van der Waals surface area contributed by atoms with Crippen LogP contribution in [-0.4, -0.2) is 16.2 Å². The second kappa shape index (κ2) is 7.31. The van der Waals surface area contributed by atoms with Crippen LogP contribution < -0.4 is 4.74 Å². The Kier molecular flexibility index (Phi) is 4.84. The van der Waals surface area contributed by atoms with Crippen molar-refractivity contribution in [2.24, 2.45) is 0 Å². The summed E-state index contributed by atoms with van der Waals surface area (Å²) >= 11 is 0. The molecular formula is C25H28N2O. The fourth-order valence-corrected chi connectivity index (χ4v) is 3.63. The molecule has 3 nitrogen and oxygen atoms in total. The van der Waals surface area contributed by atoms with Crippen LogP contribution in [0.3, 0.4) is 0 Å². The third-order valence-corrected chi connectivity index (χ3v) is 5.25. The van der Waals surface area contributed by atoms with Crippen molar-refractivity contribution in [1.29, 1.82) is 0 Å². The SMILES string of the molecule is CCCCOc1ccc2c3ccccc3n(-c3cc(C(C)(C)C)ccn3)c2c1. The number of fused-ring (bicyclic) bond motifs is 3. The van der Waals surface area contributed by atoms with Gasteiger partial charge in [-0.15, -0.1) is 0 Å². The summed E-state index contributed by atoms with van der Waals surface area (Å²) in [7, 11) is 0. The van der Waals surface area contributed by atoms with Crippen molar-refractivity contribution in [3.05, 3.63) is 66.4 Å². The quantitative estimate of drug-likeness (QED) is 0.366. The van der Waals surface area contributed by atoms with Gasteiger partial charge in [-0.3, -0.25) is 4.57 Å². The summed E-state index contributed by atoms with van der Waals surface area (Å²) in [6.07, 6.45) is 4.11. The molecule has 0 aliphatic carbocycles. The van der Waals surface area contributed by atoms with E-state index in [1.807, 2.05) is 6.20 Å². The Morgan fingerprint density at radius 2 is 1.71 bits per heavy atom. The third kappa shape index (κ3) is 3.37. The van der Waals surface area contributed by atoms with E-state index in [0.717, 1.165) is 36.5 Å². The summed E-state index contributed by atoms with van der Waals surface area (Å²) in [6, 6.07) is 19.2. The Balaban J connectivity index is 1.93. The first-order valence-corrected chi connectivity index (χ1v) is 10.1. The van der Waals surface area contributed by atoms with Crippen molar-refractivity contribution in [1.82, 2.24) is 9.55 Å². The number of pyridine rings is 1. The van der Waals surface area contributed by atoms with E-state index in [2.05, 4.69) is 86.9 Å². The van der Waals surface area contributed by atoms with Crippen LogP contribution in [0.25, 0.3) is 27.6 Å². The Hall–Kier alpha value is -2.81. The number of hydrogen-bond donors (Lipinski definition) is 0. The Bertz CT molecular complexity index is 1120. The Morgan fingerprint density at radius 1 is 0.929 bits per heavy atom. The standard InChI is InChI=1S/C25H28N2O/c1-5-6-15-28-19-11-12-21-20-9-7-8-10-22(20)27(23(21)17-19)24-16-18(13-14-26-24)25(2,3)4/h7-14,16-17H,5-6,15H2,1-4H3. The largest absolute Gasteiger partial charge is 0.494 e. The molecule has 0 fully saturated rings. The first-order valence-electron chi connectivity index (χ1n) is 10.1. The summed E-state index contributed by atoms with van der Waals surface area (Å²) in [5.74, 6) is 1.86. The molecule has 3 heteroatoms. The number of para-hydroxylation sites is 1. The van der Waals surface area contributed by atoms with E-state index in [0.29, 0.717) is 0 Å². The van der Waals surface area contributed by atoms with Crippen molar-refractivity contribution < 1.29 is 4.74 Å². The highest BCUT2D eigenvalue weighted by atomic mass is 16.5. The van der Waals surface area contributed by atoms with Gasteiger partial charge in [-0.05, 0) is 47.7 Å². The van der Waals surface area contributed by atoms with Crippen molar-refractivity contribution in [2.45, 2.75) is 46.0 Å². The summed E-state index contributed by atoms with van der Waals surface area (Å²) in [5, 5.41) is 2.46. The van der Waals surface area contributed by atoms with Crippen molar-refractivity contribution in [3.8, 4) is 11.6 Å². The van der Waals surface area contributed by atoms with Gasteiger partial charge in [0, 0.05) is 23.0 Å². The van der Waals surface area contributed by atoms with Crippen LogP contribution in [0.2, 0.25) is 0 Å². The molecule has 0 N–H and O–H groups in total. The van der Waals surface area contributed by atoms with Crippen molar-refractivity contribution in [3.63, 3.8) is 0 Å². The maximum atomic E-state index is 5.99. The zero-order valence-electron chi connectivity index (χ0n) is 17.2. The molecule has 0 unspecified atom stereocenters. The highest BCUT2D eigenvalue weighted by Crippen LogP contribution is 2.34. The highest BCUT2D eigenvalue weighted by Gasteiger charge is 2.17. The lowest BCUT2D eigenvalue weighted by atomic mass is 9.88. The van der Waals surface area contributed by atoms with Gasteiger partial charge in [0.05, 0.1) is 17.6 Å². The normalized spacial score (nSPS) is 12.0. The smallest absolute Gasteiger partial charge is 0.137 e. The lowest BCUT2D eigenvalue weighted by Crippen LogP contribution is -2.12. The van der Waals surface area contributed by atoms with Gasteiger partial charge in [0.15, 0.2) is 0 Å². The molecule has 0 aliphatic heterocycles. The van der Waals surface area contributed by atoms with Gasteiger partial charge in [-0.25, -0.2) is 4.98 Å². The van der Waals surface area contributed by atoms with E-state index in [4.69, 9.17) is 9.72 Å². The predicted molar refractivity (Wildman–Crippen MR) is 118 cm³/mol. The van der Waals surface area contributed by atoms with Crippen LogP contribution in [0.15, 0.2) is 60.8 Å². The molecular weight excluding hydrogens is 344 g/mol. The molecule has 2 aromatic carbocycles. The van der Waals surface area contributed by atoms with Gasteiger partial charge in [0.1, 0.15) is 11.6 Å². The van der Waals surface area contributed by atoms with E-state index < -0.39 is 0 Å². The molecule has 0 saturated carbocycles. The summed E-state index contributed by atoms with van der Waals surface area (Å²) in [4.78, 5) is 4.72. The van der Waals surface area contributed by atoms with Crippen LogP contribution in [-0.2, 0) is 5.41 Å². The molecule has 0 bridgehead atoms. The van der Waals surface area contributed by atoms with Crippen LogP contribution >= 0.6 is 0 Å². The molecule has 0 aliphatic rings. The molecule has 0 spiro atoms. The second-order valence-corrected chi connectivity index (χ2v) is 8.39. The monoisotopic (exact) mass is 372 g/mol. The van der Waals surface area contributed by atoms with E-state index in [1.165, 1.54) is 21.9 Å². The highest BCUT2D eigenvalue weighted by molar-refractivity contribution is 6.09. The fraction of sp³-hybridized carbons (Fsp3) is 0.320. The minimum Gasteiger partial charge on any atom is -0.494 e. The number of hydrogen-bond acceptors (Lipinski definition) is 2. The molecule has 4 rings (SSSR count). The fourth-order valence-electron chi connectivity index (χ4n) is 3.63. The first kappa shape index (κ1) is 18.5. The maximum absolute atomic E-state index is 5.99. The average molecular weight is 373 g/mol. The number of nitrogens with zero attached hydrogens (tertiary/aromatic N) is 2. The zero-order chi connectivity index (χ0) is 19.7. The van der Waals surface area contributed by atoms with E-state index in [-0.39, 0.29) is 5.41 Å². The molecule has 4 aromatic rings. The van der Waals surface area contributed by atoms with E-state index >= 15 is 0 Å². The van der Waals surface area contributed by atoms with Gasteiger partial charge in [-0.2, -0.15) is 0 Å². The lowest BCUT2D eigenvalue weighted by molar-refractivity contribution is 0.310. The summed E-state index contributed by atoms with van der Waals surface area (Å²) in [6.45, 7) is 9.63. The van der Waals surface area contributed by atoms with Gasteiger partial charge in [0.2, 0.25) is 0 Å². The van der Waals surface area contributed by atoms with Gasteiger partial charge >= 0.3 is 0 Å². The van der Waals surface area contributed by atoms with Crippen LogP contribution in [0, 0.1) is 0 Å². The molecule has 2 heterocycles. The predicted octanol–water partition coefficient (Wildman–Crippen LogP) is 6.66. The van der Waals surface area contributed by atoms with Crippen LogP contribution in [0.1, 0.15) is 46.1 Å². The van der Waals surface area contributed by atoms with Gasteiger partial charge in [-0.1, -0.05) is 52.3 Å². The van der Waals surface area contributed by atoms with Crippen LogP contribution in [0.5, 0.6) is 5.75 Å². The summed E-state index contributed by atoms with van der Waals surface area (Å²) in [5.41, 5.74) is 3.65. The molecule has 0 saturated heterocycles. The molecule has 0 atom stereocenters. The third-order valence-electron chi connectivity index (χ3n) is 5.25. The van der Waals surface area contributed by atoms with Crippen molar-refractivity contribution in [2.75, 3.05) is 6.61 Å². The van der Waals surface area contributed by atoms with Crippen molar-refractivity contribution >= 4 is 21.8 Å². The zero-order valence-corrected chi connectivity index (χ0v) is 17.2. The van der Waals surface area contributed by atoms with Gasteiger partial charge < -0.3 is 4.74 Å². The van der Waals surface area contributed by atoms with Crippen LogP contribution in [0.4, 0.5) is 0 Å². The average Bonchev–Trinajstić information content (AvgIpc) is 3.01. The Morgan fingerprint density at radius 3 is 2.50 bits per heavy atom. The Labute approximate surface area is 167 Å². The molecule has 28 heavy (non-hydrogen) atoms. The minimum atomic E-state index is 0.0743. The molecule has 144 valence electrons. The second-order valence-electron chi connectivity index (χ2n) is 8.39. The number of ether oxygens (including phenoxy) is 1. The minimum absolute atomic E-state index is 0.0743. The van der Waals surface area contributed by atoms with E-state index in [9.17, 15) is 0 Å². The van der Waals surface area contributed by atoms with Gasteiger partial charge in [0.25, 0.3) is 0 Å². The van der Waals surface area contributed by atoms with E-state index in [1.54, 1.807) is 0 Å². The number of aromatic nitrogens is 2. The maximum Gasteiger partial charge on any atom is 0.137 e. The molecule has 2 aromatic heterocycles. The summed E-state index contributed by atoms with van der Waals surface area (Å²) < 4.78 is 8.24. The molecule has 0 amide bonds. The lowest BCUT2D eigenvalue weighted by Gasteiger charge is -2.20. The first-order chi connectivity index (χ1) is 13.5. The number of rotatable bonds is 5. The number of unbranched alkanes of at least 4 members (excludes halogenated alkanes) is 1. The topological polar surface area (TPSA) is 27.1 Å². The molecule has 0 radical (unpaired) electrons.